The summed E-state index contributed by atoms with van der Waals surface area (Å²) in [5.74, 6) is 0.980. The fourth-order valence-electron chi connectivity index (χ4n) is 3.96. The Balaban J connectivity index is 2.55. The van der Waals surface area contributed by atoms with Crippen molar-refractivity contribution in [3.05, 3.63) is 63.1 Å². The standard InChI is InChI=1S/C27H40Cl2OSi/c1-25(2,3)18-27(7,8)21-12-14-24(30-31(9,10)26(4,5)6)20(16-21)15-19-11-13-22(28)17-23(19)29/h11-14,16-17H,15,18H2,1-10H3. The average molecular weight is 480 g/mol. The molecule has 4 heteroatoms. The quantitative estimate of drug-likeness (QED) is 0.375. The van der Waals surface area contributed by atoms with E-state index in [1.54, 1.807) is 0 Å². The maximum atomic E-state index is 6.77. The van der Waals surface area contributed by atoms with E-state index in [1.807, 2.05) is 18.2 Å². The molecule has 0 N–H and O–H groups in total. The van der Waals surface area contributed by atoms with Crippen LogP contribution in [0.3, 0.4) is 0 Å². The molecule has 0 unspecified atom stereocenters. The Labute approximate surface area is 201 Å². The van der Waals surface area contributed by atoms with Gasteiger partial charge >= 0.3 is 0 Å². The van der Waals surface area contributed by atoms with Crippen LogP contribution in [0.2, 0.25) is 28.2 Å². The lowest BCUT2D eigenvalue weighted by Crippen LogP contribution is -2.44. The first kappa shape index (κ1) is 26.3. The number of hydrogen-bond acceptors (Lipinski definition) is 1. The molecule has 0 aromatic heterocycles. The molecule has 1 nitrogen and oxygen atoms in total. The minimum atomic E-state index is -1.97. The molecule has 2 rings (SSSR count). The molecular weight excluding hydrogens is 439 g/mol. The molecule has 0 saturated carbocycles. The zero-order chi connectivity index (χ0) is 23.8. The molecule has 0 aliphatic heterocycles. The predicted molar refractivity (Wildman–Crippen MR) is 141 cm³/mol. The minimum Gasteiger partial charge on any atom is -0.543 e. The van der Waals surface area contributed by atoms with Gasteiger partial charge in [0.25, 0.3) is 0 Å². The highest BCUT2D eigenvalue weighted by Crippen LogP contribution is 2.41. The lowest BCUT2D eigenvalue weighted by atomic mass is 9.72. The normalized spacial score (nSPS) is 13.4. The lowest BCUT2D eigenvalue weighted by molar-refractivity contribution is 0.284. The summed E-state index contributed by atoms with van der Waals surface area (Å²) < 4.78 is 6.77. The summed E-state index contributed by atoms with van der Waals surface area (Å²) in [6.07, 6.45) is 1.82. The Bertz CT molecular complexity index is 918. The number of benzene rings is 2. The third-order valence-corrected chi connectivity index (χ3v) is 11.3. The highest BCUT2D eigenvalue weighted by Gasteiger charge is 2.39. The minimum absolute atomic E-state index is 0.0618. The van der Waals surface area contributed by atoms with Gasteiger partial charge in [0.2, 0.25) is 8.32 Å². The molecule has 0 radical (unpaired) electrons. The van der Waals surface area contributed by atoms with Crippen LogP contribution >= 0.6 is 23.2 Å². The second-order valence-corrected chi connectivity index (χ2v) is 17.8. The van der Waals surface area contributed by atoms with Gasteiger partial charge in [-0.2, -0.15) is 0 Å². The van der Waals surface area contributed by atoms with E-state index < -0.39 is 8.32 Å². The van der Waals surface area contributed by atoms with Crippen molar-refractivity contribution in [3.8, 4) is 5.75 Å². The third-order valence-electron chi connectivity index (χ3n) is 6.38. The van der Waals surface area contributed by atoms with Gasteiger partial charge in [-0.05, 0) is 70.3 Å². The topological polar surface area (TPSA) is 9.23 Å². The van der Waals surface area contributed by atoms with Gasteiger partial charge in [0.1, 0.15) is 5.75 Å². The van der Waals surface area contributed by atoms with E-state index in [9.17, 15) is 0 Å². The summed E-state index contributed by atoms with van der Waals surface area (Å²) in [4.78, 5) is 0. The van der Waals surface area contributed by atoms with Crippen molar-refractivity contribution >= 4 is 31.5 Å². The Morgan fingerprint density at radius 3 is 1.94 bits per heavy atom. The molecule has 0 bridgehead atoms. The molecule has 172 valence electrons. The van der Waals surface area contributed by atoms with Gasteiger partial charge in [-0.1, -0.05) is 96.8 Å². The van der Waals surface area contributed by atoms with Crippen molar-refractivity contribution in [3.63, 3.8) is 0 Å². The van der Waals surface area contributed by atoms with E-state index >= 15 is 0 Å². The number of hydrogen-bond donors (Lipinski definition) is 0. The molecule has 0 aliphatic carbocycles. The van der Waals surface area contributed by atoms with Gasteiger partial charge in [0, 0.05) is 16.5 Å². The predicted octanol–water partition coefficient (Wildman–Crippen LogP) is 9.68. The molecule has 0 spiro atoms. The van der Waals surface area contributed by atoms with E-state index in [0.717, 1.165) is 24.2 Å². The Morgan fingerprint density at radius 2 is 1.42 bits per heavy atom. The van der Waals surface area contributed by atoms with Crippen LogP contribution < -0.4 is 4.43 Å². The summed E-state index contributed by atoms with van der Waals surface area (Å²) in [5.41, 5.74) is 3.90. The molecule has 2 aromatic rings. The lowest BCUT2D eigenvalue weighted by Gasteiger charge is -2.38. The first-order chi connectivity index (χ1) is 13.9. The Morgan fingerprint density at radius 1 is 0.806 bits per heavy atom. The summed E-state index contributed by atoms with van der Waals surface area (Å²) in [7, 11) is -1.97. The highest BCUT2D eigenvalue weighted by molar-refractivity contribution is 6.74. The second kappa shape index (κ2) is 9.12. The first-order valence-corrected chi connectivity index (χ1v) is 14.8. The molecule has 0 heterocycles. The summed E-state index contributed by atoms with van der Waals surface area (Å²) in [6, 6.07) is 12.5. The zero-order valence-corrected chi connectivity index (χ0v) is 23.6. The van der Waals surface area contributed by atoms with Crippen molar-refractivity contribution in [2.45, 2.75) is 91.8 Å². The Kier molecular flexibility index (Phi) is 7.73. The molecule has 0 fully saturated rings. The van der Waals surface area contributed by atoms with E-state index in [0.29, 0.717) is 10.0 Å². The van der Waals surface area contributed by atoms with Crippen LogP contribution in [0.5, 0.6) is 5.75 Å². The first-order valence-electron chi connectivity index (χ1n) is 11.2. The fraction of sp³-hybridized carbons (Fsp3) is 0.556. The van der Waals surface area contributed by atoms with E-state index in [4.69, 9.17) is 27.6 Å². The van der Waals surface area contributed by atoms with Gasteiger partial charge in [0.05, 0.1) is 0 Å². The van der Waals surface area contributed by atoms with Crippen LogP contribution in [-0.4, -0.2) is 8.32 Å². The maximum absolute atomic E-state index is 6.77. The van der Waals surface area contributed by atoms with Gasteiger partial charge in [-0.25, -0.2) is 0 Å². The van der Waals surface area contributed by atoms with Crippen LogP contribution in [0, 0.1) is 5.41 Å². The van der Waals surface area contributed by atoms with Crippen LogP contribution in [0.25, 0.3) is 0 Å². The van der Waals surface area contributed by atoms with E-state index in [2.05, 4.69) is 86.7 Å². The van der Waals surface area contributed by atoms with Crippen LogP contribution in [0.15, 0.2) is 36.4 Å². The number of rotatable bonds is 6. The fourth-order valence-corrected chi connectivity index (χ4v) is 5.49. The molecule has 2 aromatic carbocycles. The van der Waals surface area contributed by atoms with Gasteiger partial charge in [-0.3, -0.25) is 0 Å². The van der Waals surface area contributed by atoms with Crippen molar-refractivity contribution in [2.24, 2.45) is 5.41 Å². The molecule has 0 amide bonds. The van der Waals surface area contributed by atoms with E-state index in [1.165, 1.54) is 11.1 Å². The summed E-state index contributed by atoms with van der Waals surface area (Å²) >= 11 is 12.7. The summed E-state index contributed by atoms with van der Waals surface area (Å²) in [5, 5.41) is 1.49. The van der Waals surface area contributed by atoms with Crippen molar-refractivity contribution < 1.29 is 4.43 Å². The van der Waals surface area contributed by atoms with E-state index in [-0.39, 0.29) is 15.9 Å². The molecular formula is C27H40Cl2OSi. The van der Waals surface area contributed by atoms with Crippen LogP contribution in [-0.2, 0) is 11.8 Å². The number of halogens is 2. The second-order valence-electron chi connectivity index (χ2n) is 12.2. The molecule has 0 atom stereocenters. The van der Waals surface area contributed by atoms with Gasteiger partial charge < -0.3 is 4.43 Å². The van der Waals surface area contributed by atoms with Crippen molar-refractivity contribution in [1.82, 2.24) is 0 Å². The summed E-state index contributed by atoms with van der Waals surface area (Å²) in [6.45, 7) is 23.0. The van der Waals surface area contributed by atoms with Gasteiger partial charge in [0.15, 0.2) is 0 Å². The third kappa shape index (κ3) is 7.01. The average Bonchev–Trinajstić information content (AvgIpc) is 2.55. The van der Waals surface area contributed by atoms with Crippen LogP contribution in [0.4, 0.5) is 0 Å². The smallest absolute Gasteiger partial charge is 0.250 e. The monoisotopic (exact) mass is 478 g/mol. The molecule has 0 aliphatic rings. The van der Waals surface area contributed by atoms with Crippen molar-refractivity contribution in [2.75, 3.05) is 0 Å². The SMILES string of the molecule is CC(C)(C)CC(C)(C)c1ccc(O[Si](C)(C)C(C)(C)C)c(Cc2ccc(Cl)cc2Cl)c1. The van der Waals surface area contributed by atoms with Crippen molar-refractivity contribution in [1.29, 1.82) is 0 Å². The largest absolute Gasteiger partial charge is 0.543 e. The maximum Gasteiger partial charge on any atom is 0.250 e. The molecule has 31 heavy (non-hydrogen) atoms. The zero-order valence-electron chi connectivity index (χ0n) is 21.0. The Hall–Kier alpha value is -0.963. The molecule has 0 saturated heterocycles. The van der Waals surface area contributed by atoms with Gasteiger partial charge in [-0.15, -0.1) is 0 Å². The highest BCUT2D eigenvalue weighted by atomic mass is 35.5. The van der Waals surface area contributed by atoms with Crippen LogP contribution in [0.1, 0.15) is 78.5 Å².